The molecule has 0 atom stereocenters. The molecule has 1 aromatic heterocycles. The van der Waals surface area contributed by atoms with Gasteiger partial charge >= 0.3 is 0 Å². The topological polar surface area (TPSA) is 78.4 Å². The van der Waals surface area contributed by atoms with Crippen molar-refractivity contribution in [3.63, 3.8) is 0 Å². The highest BCUT2D eigenvalue weighted by molar-refractivity contribution is 7.16. The van der Waals surface area contributed by atoms with E-state index < -0.39 is 0 Å². The molecule has 34 heavy (non-hydrogen) atoms. The number of methoxy groups -OCH3 is 4. The zero-order valence-corrected chi connectivity index (χ0v) is 20.6. The number of carbonyl (C=O) groups excluding carboxylic acids is 1. The Morgan fingerprint density at radius 3 is 2.35 bits per heavy atom. The van der Waals surface area contributed by atoms with E-state index in [9.17, 15) is 4.79 Å². The van der Waals surface area contributed by atoms with Crippen LogP contribution in [0.15, 0.2) is 41.4 Å². The Hall–Kier alpha value is -3.52. The van der Waals surface area contributed by atoms with Crippen LogP contribution >= 0.6 is 11.3 Å². The molecular weight excluding hydrogens is 452 g/mol. The van der Waals surface area contributed by atoms with E-state index >= 15 is 0 Å². The summed E-state index contributed by atoms with van der Waals surface area (Å²) in [7, 11) is 6.39. The van der Waals surface area contributed by atoms with Crippen LogP contribution in [-0.4, -0.2) is 40.6 Å². The number of thiophene rings is 1. The van der Waals surface area contributed by atoms with Crippen molar-refractivity contribution in [2.24, 2.45) is 4.99 Å². The number of anilines is 1. The zero-order valence-electron chi connectivity index (χ0n) is 19.8. The highest BCUT2D eigenvalue weighted by atomic mass is 32.1. The number of benzene rings is 2. The minimum Gasteiger partial charge on any atom is -0.497 e. The van der Waals surface area contributed by atoms with Crippen molar-refractivity contribution in [3.8, 4) is 23.0 Å². The van der Waals surface area contributed by atoms with E-state index in [0.717, 1.165) is 36.8 Å². The van der Waals surface area contributed by atoms with Gasteiger partial charge < -0.3 is 24.3 Å². The molecule has 1 amide bonds. The molecule has 1 aliphatic rings. The van der Waals surface area contributed by atoms with Crippen LogP contribution in [0.2, 0.25) is 0 Å². The molecule has 0 unspecified atom stereocenters. The molecule has 2 aromatic carbocycles. The third kappa shape index (κ3) is 4.87. The number of ether oxygens (including phenoxy) is 4. The van der Waals surface area contributed by atoms with Gasteiger partial charge in [-0.25, -0.2) is 4.99 Å². The molecule has 178 valence electrons. The van der Waals surface area contributed by atoms with Gasteiger partial charge in [0.1, 0.15) is 28.0 Å². The molecule has 0 saturated carbocycles. The highest BCUT2D eigenvalue weighted by Crippen LogP contribution is 2.41. The summed E-state index contributed by atoms with van der Waals surface area (Å²) in [6, 6.07) is 10.8. The lowest BCUT2D eigenvalue weighted by Gasteiger charge is -2.14. The number of aliphatic imine (C=N–C) groups is 1. The molecule has 0 bridgehead atoms. The number of aryl methyl sites for hydroxylation is 1. The SMILES string of the molecule is COc1ccc(OC)c(C=Nc2sc3c(c2C(=O)Nc2ccc(OC)cc2OC)CCCC3)c1. The largest absolute Gasteiger partial charge is 0.497 e. The predicted molar refractivity (Wildman–Crippen MR) is 135 cm³/mol. The molecule has 0 saturated heterocycles. The fourth-order valence-electron chi connectivity index (χ4n) is 4.03. The van der Waals surface area contributed by atoms with Crippen LogP contribution in [-0.2, 0) is 12.8 Å². The van der Waals surface area contributed by atoms with Gasteiger partial charge in [-0.15, -0.1) is 11.3 Å². The zero-order chi connectivity index (χ0) is 24.1. The molecule has 1 N–H and O–H groups in total. The smallest absolute Gasteiger partial charge is 0.259 e. The van der Waals surface area contributed by atoms with Gasteiger partial charge in [-0.2, -0.15) is 0 Å². The number of hydrogen-bond acceptors (Lipinski definition) is 7. The monoisotopic (exact) mass is 480 g/mol. The van der Waals surface area contributed by atoms with Crippen molar-refractivity contribution in [1.82, 2.24) is 0 Å². The maximum atomic E-state index is 13.5. The fraction of sp³-hybridized carbons (Fsp3) is 0.308. The quantitative estimate of drug-likeness (QED) is 0.421. The van der Waals surface area contributed by atoms with Gasteiger partial charge in [-0.05, 0) is 61.6 Å². The van der Waals surface area contributed by atoms with Gasteiger partial charge in [-0.1, -0.05) is 0 Å². The second kappa shape index (κ2) is 10.6. The van der Waals surface area contributed by atoms with Crippen LogP contribution in [0.1, 0.15) is 39.2 Å². The lowest BCUT2D eigenvalue weighted by molar-refractivity contribution is 0.102. The summed E-state index contributed by atoms with van der Waals surface area (Å²) in [5.74, 6) is 2.37. The third-order valence-electron chi connectivity index (χ3n) is 5.79. The van der Waals surface area contributed by atoms with Gasteiger partial charge in [0.15, 0.2) is 0 Å². The second-order valence-electron chi connectivity index (χ2n) is 7.78. The van der Waals surface area contributed by atoms with Gasteiger partial charge in [0.2, 0.25) is 0 Å². The molecule has 1 heterocycles. The van der Waals surface area contributed by atoms with Crippen molar-refractivity contribution in [1.29, 1.82) is 0 Å². The Kier molecular flexibility index (Phi) is 7.37. The standard InChI is InChI=1S/C26H28N2O5S/c1-30-17-10-12-21(32-3)16(13-17)15-27-26-24(19-7-5-6-8-23(19)34-26)25(29)28-20-11-9-18(31-2)14-22(20)33-4/h9-15H,5-8H2,1-4H3,(H,28,29). The molecule has 0 fully saturated rings. The molecule has 3 aromatic rings. The van der Waals surface area contributed by atoms with Crippen LogP contribution in [0.3, 0.4) is 0 Å². The summed E-state index contributed by atoms with van der Waals surface area (Å²) in [4.78, 5) is 19.5. The Balaban J connectivity index is 1.71. The maximum Gasteiger partial charge on any atom is 0.259 e. The van der Waals surface area contributed by atoms with Crippen LogP contribution in [0.5, 0.6) is 23.0 Å². The maximum absolute atomic E-state index is 13.5. The first-order chi connectivity index (χ1) is 16.6. The minimum atomic E-state index is -0.201. The summed E-state index contributed by atoms with van der Waals surface area (Å²) < 4.78 is 21.5. The molecule has 0 radical (unpaired) electrons. The summed E-state index contributed by atoms with van der Waals surface area (Å²) in [5, 5.41) is 3.70. The molecule has 8 heteroatoms. The average Bonchev–Trinajstić information content (AvgIpc) is 3.25. The van der Waals surface area contributed by atoms with Crippen LogP contribution in [0, 0.1) is 0 Å². The van der Waals surface area contributed by atoms with E-state index in [1.54, 1.807) is 64.2 Å². The molecule has 7 nitrogen and oxygen atoms in total. The summed E-state index contributed by atoms with van der Waals surface area (Å²) >= 11 is 1.58. The number of hydrogen-bond donors (Lipinski definition) is 1. The third-order valence-corrected chi connectivity index (χ3v) is 6.99. The van der Waals surface area contributed by atoms with Crippen molar-refractivity contribution in [2.45, 2.75) is 25.7 Å². The summed E-state index contributed by atoms with van der Waals surface area (Å²) in [6.07, 6.45) is 5.73. The van der Waals surface area contributed by atoms with Crippen LogP contribution in [0.25, 0.3) is 0 Å². The Labute approximate surface area is 203 Å². The average molecular weight is 481 g/mol. The van der Waals surface area contributed by atoms with Gasteiger partial charge in [0, 0.05) is 22.7 Å². The lowest BCUT2D eigenvalue weighted by atomic mass is 9.95. The Bertz CT molecular complexity index is 1220. The van der Waals surface area contributed by atoms with E-state index in [1.165, 1.54) is 4.88 Å². The Morgan fingerprint density at radius 2 is 1.62 bits per heavy atom. The number of nitrogens with one attached hydrogen (secondary N) is 1. The first kappa shape index (κ1) is 23.6. The van der Waals surface area contributed by atoms with E-state index in [2.05, 4.69) is 5.32 Å². The van der Waals surface area contributed by atoms with Gasteiger partial charge in [0.25, 0.3) is 5.91 Å². The number of amides is 1. The van der Waals surface area contributed by atoms with E-state index in [4.69, 9.17) is 23.9 Å². The predicted octanol–water partition coefficient (Wildman–Crippen LogP) is 5.66. The second-order valence-corrected chi connectivity index (χ2v) is 8.86. The fourth-order valence-corrected chi connectivity index (χ4v) is 5.26. The van der Waals surface area contributed by atoms with E-state index in [0.29, 0.717) is 39.2 Å². The van der Waals surface area contributed by atoms with E-state index in [1.807, 2.05) is 18.2 Å². The number of nitrogens with zero attached hydrogens (tertiary/aromatic N) is 1. The molecule has 0 aliphatic heterocycles. The summed E-state index contributed by atoms with van der Waals surface area (Å²) in [6.45, 7) is 0. The van der Waals surface area contributed by atoms with Crippen LogP contribution in [0.4, 0.5) is 10.7 Å². The molecule has 4 rings (SSSR count). The first-order valence-corrected chi connectivity index (χ1v) is 11.8. The van der Waals surface area contributed by atoms with Crippen LogP contribution < -0.4 is 24.3 Å². The number of fused-ring (bicyclic) bond motifs is 1. The Morgan fingerprint density at radius 1 is 0.912 bits per heavy atom. The molecule has 0 spiro atoms. The molecule has 1 aliphatic carbocycles. The minimum absolute atomic E-state index is 0.201. The van der Waals surface area contributed by atoms with Gasteiger partial charge in [-0.3, -0.25) is 4.79 Å². The number of carbonyl (C=O) groups is 1. The first-order valence-electron chi connectivity index (χ1n) is 11.0. The normalized spacial score (nSPS) is 12.8. The highest BCUT2D eigenvalue weighted by Gasteiger charge is 2.26. The summed E-state index contributed by atoms with van der Waals surface area (Å²) in [5.41, 5.74) is 3.06. The molecular formula is C26H28N2O5S. The van der Waals surface area contributed by atoms with Crippen molar-refractivity contribution in [2.75, 3.05) is 33.8 Å². The van der Waals surface area contributed by atoms with Gasteiger partial charge in [0.05, 0.1) is 39.7 Å². The van der Waals surface area contributed by atoms with Crippen molar-refractivity contribution in [3.05, 3.63) is 58.0 Å². The van der Waals surface area contributed by atoms with E-state index in [-0.39, 0.29) is 5.91 Å². The number of rotatable bonds is 8. The lowest BCUT2D eigenvalue weighted by Crippen LogP contribution is -2.15. The van der Waals surface area contributed by atoms with Crippen molar-refractivity contribution >= 4 is 34.1 Å². The van der Waals surface area contributed by atoms with Crippen molar-refractivity contribution < 1.29 is 23.7 Å².